The van der Waals surface area contributed by atoms with Crippen molar-refractivity contribution in [1.82, 2.24) is 19.4 Å². The van der Waals surface area contributed by atoms with E-state index in [4.69, 9.17) is 0 Å². The van der Waals surface area contributed by atoms with Gasteiger partial charge in [-0.05, 0) is 31.6 Å². The second-order valence-corrected chi connectivity index (χ2v) is 6.30. The van der Waals surface area contributed by atoms with Crippen LogP contribution in [0.25, 0.3) is 5.70 Å². The van der Waals surface area contributed by atoms with Crippen LogP contribution in [0.15, 0.2) is 66.8 Å². The summed E-state index contributed by atoms with van der Waals surface area (Å²) in [4.78, 5) is 32.1. The van der Waals surface area contributed by atoms with Crippen molar-refractivity contribution in [3.05, 3.63) is 72.5 Å². The number of hydrogen-bond donors (Lipinski definition) is 0. The quantitative estimate of drug-likeness (QED) is 0.423. The highest BCUT2D eigenvalue weighted by molar-refractivity contribution is 6.00. The molecule has 0 atom stereocenters. The minimum atomic E-state index is -0.0692. The molecule has 1 fully saturated rings. The third-order valence-electron chi connectivity index (χ3n) is 4.30. The number of allylic oxidation sites excluding steroid dienone is 6. The van der Waals surface area contributed by atoms with Crippen molar-refractivity contribution in [2.75, 3.05) is 26.7 Å². The van der Waals surface area contributed by atoms with Gasteiger partial charge in [0, 0.05) is 32.9 Å². The molecule has 0 radical (unpaired) electrons. The van der Waals surface area contributed by atoms with Crippen LogP contribution in [0.1, 0.15) is 12.6 Å². The number of likely N-dealkylation sites (N-methyl/N-ethyl adjacent to an activating group) is 1. The van der Waals surface area contributed by atoms with E-state index in [0.29, 0.717) is 24.5 Å². The van der Waals surface area contributed by atoms with Crippen LogP contribution >= 0.6 is 0 Å². The summed E-state index contributed by atoms with van der Waals surface area (Å²) in [5.74, 6) is -0.0692. The molecule has 0 spiro atoms. The van der Waals surface area contributed by atoms with Crippen LogP contribution < -0.4 is 0 Å². The van der Waals surface area contributed by atoms with E-state index < -0.39 is 0 Å². The lowest BCUT2D eigenvalue weighted by Crippen LogP contribution is -2.47. The number of hydrogen-bond acceptors (Lipinski definition) is 4. The van der Waals surface area contributed by atoms with Gasteiger partial charge in [0.25, 0.3) is 5.91 Å². The highest BCUT2D eigenvalue weighted by atomic mass is 16.2. The zero-order valence-corrected chi connectivity index (χ0v) is 16.1. The largest absolute Gasteiger partial charge is 0.368 e. The van der Waals surface area contributed by atoms with Crippen LogP contribution in [0.5, 0.6) is 0 Å². The number of aromatic nitrogens is 2. The summed E-state index contributed by atoms with van der Waals surface area (Å²) in [5, 5.41) is 0. The van der Waals surface area contributed by atoms with Gasteiger partial charge in [-0.15, -0.1) is 0 Å². The van der Waals surface area contributed by atoms with Crippen molar-refractivity contribution < 1.29 is 9.59 Å². The molecule has 1 aromatic rings. The predicted molar refractivity (Wildman–Crippen MR) is 108 cm³/mol. The fourth-order valence-corrected chi connectivity index (χ4v) is 2.71. The fraction of sp³-hybridized carbons (Fsp3) is 0.286. The number of carbonyl (C=O) groups excluding carboxylic acids is 2. The van der Waals surface area contributed by atoms with Crippen molar-refractivity contribution >= 4 is 17.9 Å². The lowest BCUT2D eigenvalue weighted by atomic mass is 10.1. The van der Waals surface area contributed by atoms with Crippen molar-refractivity contribution in [1.29, 1.82) is 0 Å². The zero-order valence-electron chi connectivity index (χ0n) is 16.1. The molecule has 0 N–H and O–H groups in total. The maximum Gasteiger partial charge on any atom is 0.270 e. The minimum absolute atomic E-state index is 0.0692. The molecule has 1 aromatic heterocycles. The molecular weight excluding hydrogens is 340 g/mol. The topological polar surface area (TPSA) is 58.4 Å². The van der Waals surface area contributed by atoms with Gasteiger partial charge in [-0.3, -0.25) is 9.59 Å². The number of amides is 1. The van der Waals surface area contributed by atoms with Gasteiger partial charge in [0.1, 0.15) is 5.70 Å². The monoisotopic (exact) mass is 366 g/mol. The molecule has 0 unspecified atom stereocenters. The highest BCUT2D eigenvalue weighted by Gasteiger charge is 2.26. The Morgan fingerprint density at radius 1 is 1.33 bits per heavy atom. The Balaban J connectivity index is 2.25. The summed E-state index contributed by atoms with van der Waals surface area (Å²) in [5.41, 5.74) is 2.76. The summed E-state index contributed by atoms with van der Waals surface area (Å²) >= 11 is 0. The van der Waals surface area contributed by atoms with Crippen LogP contribution in [0.4, 0.5) is 0 Å². The lowest BCUT2D eigenvalue weighted by molar-refractivity contribution is -0.130. The smallest absolute Gasteiger partial charge is 0.270 e. The highest BCUT2D eigenvalue weighted by Crippen LogP contribution is 2.16. The van der Waals surface area contributed by atoms with Gasteiger partial charge in [0.2, 0.25) is 0 Å². The third kappa shape index (κ3) is 5.17. The molecule has 142 valence electrons. The molecule has 0 aliphatic carbocycles. The Kier molecular flexibility index (Phi) is 7.11. The third-order valence-corrected chi connectivity index (χ3v) is 4.30. The van der Waals surface area contributed by atoms with Gasteiger partial charge in [-0.1, -0.05) is 30.9 Å². The van der Waals surface area contributed by atoms with Crippen molar-refractivity contribution in [2.24, 2.45) is 0 Å². The molecule has 27 heavy (non-hydrogen) atoms. The van der Waals surface area contributed by atoms with Crippen LogP contribution in [-0.2, 0) is 9.59 Å². The standard InChI is InChI=1S/C21H26N4O2/c1-5-7-8-18(6-2)14-24-12-11-23(4)20(21(24)27)10-9-19(15-26)25-13-17(3)22-16-25/h5-10,13,15-16H,2,11-12,14H2,1,3-4H3/b7-5-,18-8+,19-9+,20-10-. The van der Waals surface area contributed by atoms with Crippen molar-refractivity contribution in [2.45, 2.75) is 13.8 Å². The van der Waals surface area contributed by atoms with Gasteiger partial charge >= 0.3 is 0 Å². The molecule has 6 nitrogen and oxygen atoms in total. The molecule has 2 heterocycles. The average molecular weight is 366 g/mol. The van der Waals surface area contributed by atoms with Crippen molar-refractivity contribution in [3.63, 3.8) is 0 Å². The molecule has 0 aromatic carbocycles. The number of carbonyl (C=O) groups is 2. The first-order chi connectivity index (χ1) is 13.0. The van der Waals surface area contributed by atoms with Gasteiger partial charge in [-0.2, -0.15) is 0 Å². The van der Waals surface area contributed by atoms with E-state index in [1.165, 1.54) is 0 Å². The molecule has 1 aliphatic rings. The van der Waals surface area contributed by atoms with E-state index in [-0.39, 0.29) is 5.91 Å². The molecular formula is C21H26N4O2. The Bertz CT molecular complexity index is 827. The van der Waals surface area contributed by atoms with Gasteiger partial charge in [-0.25, -0.2) is 4.98 Å². The summed E-state index contributed by atoms with van der Waals surface area (Å²) < 4.78 is 1.64. The van der Waals surface area contributed by atoms with E-state index in [1.54, 1.807) is 40.2 Å². The Morgan fingerprint density at radius 3 is 2.70 bits per heavy atom. The number of aryl methyl sites for hydroxylation is 1. The molecule has 1 saturated heterocycles. The summed E-state index contributed by atoms with van der Waals surface area (Å²) in [6.45, 7) is 9.48. The summed E-state index contributed by atoms with van der Waals surface area (Å²) in [7, 11) is 1.88. The maximum atomic E-state index is 12.9. The number of rotatable bonds is 7. The predicted octanol–water partition coefficient (Wildman–Crippen LogP) is 2.58. The fourth-order valence-electron chi connectivity index (χ4n) is 2.71. The van der Waals surface area contributed by atoms with Crippen LogP contribution in [0.2, 0.25) is 0 Å². The number of nitrogens with zero attached hydrogens (tertiary/aromatic N) is 4. The van der Waals surface area contributed by atoms with Gasteiger partial charge < -0.3 is 14.4 Å². The second-order valence-electron chi connectivity index (χ2n) is 6.30. The average Bonchev–Trinajstić information content (AvgIpc) is 3.09. The van der Waals surface area contributed by atoms with E-state index in [1.807, 2.05) is 44.0 Å². The number of imidazole rings is 1. The van der Waals surface area contributed by atoms with Crippen molar-refractivity contribution in [3.8, 4) is 0 Å². The maximum absolute atomic E-state index is 12.9. The minimum Gasteiger partial charge on any atom is -0.368 e. The SMILES string of the molecule is C=C/C(=C\C=C/C)CN1CCN(C)/C(=C\C=C(/C=O)n2cnc(C)c2)C1=O. The molecule has 0 bridgehead atoms. The summed E-state index contributed by atoms with van der Waals surface area (Å²) in [6.07, 6.45) is 15.0. The lowest BCUT2D eigenvalue weighted by Gasteiger charge is -2.35. The molecule has 1 aliphatic heterocycles. The second kappa shape index (κ2) is 9.52. The van der Waals surface area contributed by atoms with Crippen LogP contribution in [-0.4, -0.2) is 58.2 Å². The summed E-state index contributed by atoms with van der Waals surface area (Å²) in [6, 6.07) is 0. The Hall–Kier alpha value is -3.15. The zero-order chi connectivity index (χ0) is 19.8. The Morgan fingerprint density at radius 2 is 2.11 bits per heavy atom. The molecule has 2 rings (SSSR count). The first-order valence-corrected chi connectivity index (χ1v) is 8.83. The Labute approximate surface area is 160 Å². The normalized spacial score (nSPS) is 17.9. The van der Waals surface area contributed by atoms with E-state index in [9.17, 15) is 9.59 Å². The van der Waals surface area contributed by atoms with Crippen LogP contribution in [0.3, 0.4) is 0 Å². The molecule has 6 heteroatoms. The van der Waals surface area contributed by atoms with E-state index in [2.05, 4.69) is 11.6 Å². The van der Waals surface area contributed by atoms with E-state index in [0.717, 1.165) is 24.1 Å². The molecule has 1 amide bonds. The number of piperazine rings is 1. The van der Waals surface area contributed by atoms with E-state index >= 15 is 0 Å². The van der Waals surface area contributed by atoms with Crippen LogP contribution in [0, 0.1) is 6.92 Å². The van der Waals surface area contributed by atoms with Gasteiger partial charge in [0.15, 0.2) is 6.29 Å². The van der Waals surface area contributed by atoms with Gasteiger partial charge in [0.05, 0.1) is 17.7 Å². The molecule has 0 saturated carbocycles. The first kappa shape index (κ1) is 20.2. The first-order valence-electron chi connectivity index (χ1n) is 8.83. The number of aldehydes is 1.